The second-order valence-electron chi connectivity index (χ2n) is 8.11. The van der Waals surface area contributed by atoms with Crippen molar-refractivity contribution in [1.82, 2.24) is 4.31 Å². The van der Waals surface area contributed by atoms with E-state index in [0.29, 0.717) is 31.5 Å². The second kappa shape index (κ2) is 8.40. The van der Waals surface area contributed by atoms with Gasteiger partial charge in [-0.15, -0.1) is 0 Å². The topological polar surface area (TPSA) is 74.7 Å². The number of fused-ring (bicyclic) bond motifs is 1. The van der Waals surface area contributed by atoms with Crippen LogP contribution in [0.1, 0.15) is 35.4 Å². The molecule has 0 amide bonds. The van der Waals surface area contributed by atoms with Crippen molar-refractivity contribution in [2.24, 2.45) is 0 Å². The van der Waals surface area contributed by atoms with Crippen LogP contribution in [0.4, 0.5) is 4.39 Å². The Hall–Kier alpha value is -2.77. The fraction of sp³-hybridized carbons (Fsp3) is 0.292. The highest BCUT2D eigenvalue weighted by Gasteiger charge is 2.30. The monoisotopic (exact) mass is 441 g/mol. The normalized spacial score (nSPS) is 15.9. The Morgan fingerprint density at radius 3 is 2.39 bits per heavy atom. The molecular formula is C24H24FNO4S. The zero-order valence-electron chi connectivity index (χ0n) is 17.2. The lowest BCUT2D eigenvalue weighted by molar-refractivity contribution is -0.136. The van der Waals surface area contributed by atoms with Crippen molar-refractivity contribution in [3.8, 4) is 0 Å². The summed E-state index contributed by atoms with van der Waals surface area (Å²) in [5, 5.41) is 10.8. The predicted molar refractivity (Wildman–Crippen MR) is 117 cm³/mol. The summed E-state index contributed by atoms with van der Waals surface area (Å²) in [5.74, 6) is -1.24. The van der Waals surface area contributed by atoms with Crippen LogP contribution in [0.2, 0.25) is 0 Å². The first kappa shape index (κ1) is 21.5. The Morgan fingerprint density at radius 1 is 1.06 bits per heavy atom. The quantitative estimate of drug-likeness (QED) is 0.633. The maximum Gasteiger partial charge on any atom is 0.307 e. The summed E-state index contributed by atoms with van der Waals surface area (Å²) in [6, 6.07) is 15.0. The summed E-state index contributed by atoms with van der Waals surface area (Å²) in [5.41, 5.74) is 2.55. The highest BCUT2D eigenvalue weighted by Crippen LogP contribution is 2.36. The van der Waals surface area contributed by atoms with E-state index in [-0.39, 0.29) is 23.1 Å². The molecular weight excluding hydrogens is 417 g/mol. The third-order valence-electron chi connectivity index (χ3n) is 5.92. The molecule has 162 valence electrons. The lowest BCUT2D eigenvalue weighted by atomic mass is 9.85. The Labute approximate surface area is 181 Å². The Bertz CT molecular complexity index is 1230. The molecule has 0 aromatic heterocycles. The average Bonchev–Trinajstić information content (AvgIpc) is 2.73. The van der Waals surface area contributed by atoms with E-state index >= 15 is 0 Å². The number of carbonyl (C=O) groups is 1. The van der Waals surface area contributed by atoms with Gasteiger partial charge in [-0.1, -0.05) is 35.9 Å². The lowest BCUT2D eigenvalue weighted by Crippen LogP contribution is -2.37. The number of benzene rings is 3. The van der Waals surface area contributed by atoms with Crippen molar-refractivity contribution in [3.63, 3.8) is 0 Å². The van der Waals surface area contributed by atoms with Crippen LogP contribution in [0.5, 0.6) is 0 Å². The number of carboxylic acids is 1. The molecule has 4 rings (SSSR count). The number of carboxylic acid groups (broad SMARTS) is 1. The number of rotatable bonds is 5. The molecule has 1 aliphatic rings. The van der Waals surface area contributed by atoms with Gasteiger partial charge in [-0.3, -0.25) is 4.79 Å². The van der Waals surface area contributed by atoms with Crippen LogP contribution in [-0.2, 0) is 21.2 Å². The number of halogens is 1. The highest BCUT2D eigenvalue weighted by atomic mass is 32.2. The summed E-state index contributed by atoms with van der Waals surface area (Å²) in [6.45, 7) is 2.63. The summed E-state index contributed by atoms with van der Waals surface area (Å²) in [4.78, 5) is 11.5. The minimum absolute atomic E-state index is 0.0301. The molecule has 1 aliphatic heterocycles. The summed E-state index contributed by atoms with van der Waals surface area (Å²) >= 11 is 0. The van der Waals surface area contributed by atoms with Crippen LogP contribution < -0.4 is 0 Å². The molecule has 7 heteroatoms. The third kappa shape index (κ3) is 4.48. The maximum absolute atomic E-state index is 13.9. The van der Waals surface area contributed by atoms with E-state index in [1.807, 2.05) is 13.0 Å². The first-order valence-electron chi connectivity index (χ1n) is 10.2. The van der Waals surface area contributed by atoms with Crippen LogP contribution in [0.15, 0.2) is 59.5 Å². The van der Waals surface area contributed by atoms with Crippen LogP contribution in [0.25, 0.3) is 10.8 Å². The van der Waals surface area contributed by atoms with E-state index in [4.69, 9.17) is 0 Å². The van der Waals surface area contributed by atoms with Gasteiger partial charge in [0.15, 0.2) is 0 Å². The van der Waals surface area contributed by atoms with Gasteiger partial charge in [-0.2, -0.15) is 4.31 Å². The van der Waals surface area contributed by atoms with Gasteiger partial charge in [0.05, 0.1) is 11.3 Å². The van der Waals surface area contributed by atoms with E-state index < -0.39 is 16.0 Å². The first-order valence-corrected chi connectivity index (χ1v) is 11.7. The molecule has 0 spiro atoms. The smallest absolute Gasteiger partial charge is 0.307 e. The number of aryl methyl sites for hydroxylation is 1. The number of aliphatic carboxylic acids is 1. The predicted octanol–water partition coefficient (Wildman–Crippen LogP) is 4.48. The van der Waals surface area contributed by atoms with E-state index in [0.717, 1.165) is 21.9 Å². The molecule has 3 aromatic carbocycles. The Kier molecular flexibility index (Phi) is 5.81. The van der Waals surface area contributed by atoms with E-state index in [1.54, 1.807) is 36.4 Å². The molecule has 0 bridgehead atoms. The molecule has 0 radical (unpaired) electrons. The Balaban J connectivity index is 1.61. The molecule has 3 aromatic rings. The molecule has 0 unspecified atom stereocenters. The van der Waals surface area contributed by atoms with Crippen molar-refractivity contribution < 1.29 is 22.7 Å². The van der Waals surface area contributed by atoms with Gasteiger partial charge in [0, 0.05) is 13.1 Å². The van der Waals surface area contributed by atoms with E-state index in [2.05, 4.69) is 0 Å². The third-order valence-corrected chi connectivity index (χ3v) is 7.83. The fourth-order valence-electron chi connectivity index (χ4n) is 4.30. The zero-order valence-corrected chi connectivity index (χ0v) is 18.0. The van der Waals surface area contributed by atoms with Crippen LogP contribution in [0.3, 0.4) is 0 Å². The van der Waals surface area contributed by atoms with E-state index in [1.165, 1.54) is 16.4 Å². The molecule has 0 saturated carbocycles. The molecule has 1 fully saturated rings. The zero-order chi connectivity index (χ0) is 22.2. The van der Waals surface area contributed by atoms with Crippen molar-refractivity contribution >= 4 is 26.8 Å². The number of piperidine rings is 1. The fourth-order valence-corrected chi connectivity index (χ4v) is 5.77. The summed E-state index contributed by atoms with van der Waals surface area (Å²) in [6.07, 6.45) is 1.07. The average molecular weight is 442 g/mol. The number of nitrogens with zero attached hydrogens (tertiary/aromatic N) is 1. The largest absolute Gasteiger partial charge is 0.481 e. The molecule has 1 saturated heterocycles. The van der Waals surface area contributed by atoms with Gasteiger partial charge >= 0.3 is 5.97 Å². The standard InChI is InChI=1S/C24H24FNO4S/c1-16-2-6-21(7-3-16)31(29,30)26-10-8-18(9-11-26)22-13-17(14-24(27)28)12-19-4-5-20(25)15-23(19)22/h2-7,12-13,15,18H,8-11,14H2,1H3,(H,27,28). The van der Waals surface area contributed by atoms with Crippen LogP contribution in [0, 0.1) is 12.7 Å². The second-order valence-corrected chi connectivity index (χ2v) is 10.1. The summed E-state index contributed by atoms with van der Waals surface area (Å²) in [7, 11) is -3.56. The first-order chi connectivity index (χ1) is 14.7. The number of hydrogen-bond acceptors (Lipinski definition) is 3. The highest BCUT2D eigenvalue weighted by molar-refractivity contribution is 7.89. The van der Waals surface area contributed by atoms with E-state index in [9.17, 15) is 22.7 Å². The van der Waals surface area contributed by atoms with Crippen LogP contribution >= 0.6 is 0 Å². The van der Waals surface area contributed by atoms with Gasteiger partial charge in [-0.25, -0.2) is 12.8 Å². The Morgan fingerprint density at radius 2 is 1.74 bits per heavy atom. The molecule has 1 heterocycles. The van der Waals surface area contributed by atoms with Gasteiger partial charge in [0.25, 0.3) is 0 Å². The molecule has 1 N–H and O–H groups in total. The maximum atomic E-state index is 13.9. The number of sulfonamides is 1. The SMILES string of the molecule is Cc1ccc(S(=O)(=O)N2CCC(c3cc(CC(=O)O)cc4ccc(F)cc34)CC2)cc1. The van der Waals surface area contributed by atoms with Gasteiger partial charge in [0.1, 0.15) is 5.82 Å². The molecule has 0 aliphatic carbocycles. The molecule has 5 nitrogen and oxygen atoms in total. The molecule has 31 heavy (non-hydrogen) atoms. The van der Waals surface area contributed by atoms with Crippen LogP contribution in [-0.4, -0.2) is 36.9 Å². The van der Waals surface area contributed by atoms with Crippen molar-refractivity contribution in [2.75, 3.05) is 13.1 Å². The van der Waals surface area contributed by atoms with Gasteiger partial charge in [-0.05, 0) is 71.8 Å². The van der Waals surface area contributed by atoms with Gasteiger partial charge < -0.3 is 5.11 Å². The lowest BCUT2D eigenvalue weighted by Gasteiger charge is -2.32. The van der Waals surface area contributed by atoms with Crippen molar-refractivity contribution in [3.05, 3.63) is 77.1 Å². The number of hydrogen-bond donors (Lipinski definition) is 1. The van der Waals surface area contributed by atoms with Gasteiger partial charge in [0.2, 0.25) is 10.0 Å². The van der Waals surface area contributed by atoms with Crippen molar-refractivity contribution in [2.45, 2.75) is 37.0 Å². The molecule has 0 atom stereocenters. The van der Waals surface area contributed by atoms with Crippen molar-refractivity contribution in [1.29, 1.82) is 0 Å². The summed E-state index contributed by atoms with van der Waals surface area (Å²) < 4.78 is 41.4. The minimum atomic E-state index is -3.56. The minimum Gasteiger partial charge on any atom is -0.481 e.